The quantitative estimate of drug-likeness (QED) is 0.406. The lowest BCUT2D eigenvalue weighted by Gasteiger charge is -2.43. The molecule has 5 heterocycles. The van der Waals surface area contributed by atoms with E-state index in [0.29, 0.717) is 30.6 Å². The van der Waals surface area contributed by atoms with E-state index in [0.717, 1.165) is 57.0 Å². The smallest absolute Gasteiger partial charge is 0.319 e. The first-order valence-electron chi connectivity index (χ1n) is 15.1. The fourth-order valence-corrected chi connectivity index (χ4v) is 6.90. The number of aliphatic hydroxyl groups excluding tert-OH is 1. The normalized spacial score (nSPS) is 21.8. The first-order valence-corrected chi connectivity index (χ1v) is 16.0. The Bertz CT molecular complexity index is 1350. The highest BCUT2D eigenvalue weighted by molar-refractivity contribution is 7.13. The summed E-state index contributed by atoms with van der Waals surface area (Å²) in [5.74, 6) is 0.702. The molecule has 0 unspecified atom stereocenters. The number of nitrogens with one attached hydrogen (secondary N) is 1. The number of aliphatic hydroxyl groups is 1. The van der Waals surface area contributed by atoms with E-state index < -0.39 is 6.10 Å². The van der Waals surface area contributed by atoms with Crippen LogP contribution in [0.1, 0.15) is 54.7 Å². The summed E-state index contributed by atoms with van der Waals surface area (Å²) in [7, 11) is 0. The van der Waals surface area contributed by atoms with Gasteiger partial charge in [-0.3, -0.25) is 9.69 Å². The molecule has 2 atom stereocenters. The monoisotopic (exact) mass is 591 g/mol. The molecule has 42 heavy (non-hydrogen) atoms. The van der Waals surface area contributed by atoms with Gasteiger partial charge >= 0.3 is 6.01 Å². The minimum atomic E-state index is -0.618. The second-order valence-corrected chi connectivity index (χ2v) is 12.9. The predicted molar refractivity (Wildman–Crippen MR) is 164 cm³/mol. The Hall–Kier alpha value is -3.28. The van der Waals surface area contributed by atoms with Crippen molar-refractivity contribution in [1.82, 2.24) is 24.8 Å². The Kier molecular flexibility index (Phi) is 8.87. The Balaban J connectivity index is 1.11. The van der Waals surface area contributed by atoms with Crippen LogP contribution in [0.15, 0.2) is 41.9 Å². The fourth-order valence-electron chi connectivity index (χ4n) is 6.20. The maximum absolute atomic E-state index is 13.7. The van der Waals surface area contributed by atoms with Crippen LogP contribution >= 0.6 is 11.3 Å². The van der Waals surface area contributed by atoms with E-state index in [1.54, 1.807) is 22.3 Å². The molecular weight excluding hydrogens is 550 g/mol. The number of carbonyl (C=O) groups excluding carboxylic acids is 1. The van der Waals surface area contributed by atoms with E-state index in [2.05, 4.69) is 68.2 Å². The van der Waals surface area contributed by atoms with Gasteiger partial charge in [-0.15, -0.1) is 11.3 Å². The SMILES string of the molecule is CC(C)COc1nc(NC2CCN(c3nccs3)CC2)cc(C(=O)N2CC[C@@H](N3CCc4ccccc4C3)[C@H](O)C2)n1. The Labute approximate surface area is 251 Å². The zero-order chi connectivity index (χ0) is 29.1. The van der Waals surface area contributed by atoms with Crippen LogP contribution in [0.4, 0.5) is 10.9 Å². The van der Waals surface area contributed by atoms with Crippen molar-refractivity contribution < 1.29 is 14.6 Å². The molecule has 0 bridgehead atoms. The van der Waals surface area contributed by atoms with Gasteiger partial charge in [0.2, 0.25) is 0 Å². The molecule has 0 saturated carbocycles. The predicted octanol–water partition coefficient (Wildman–Crippen LogP) is 3.68. The van der Waals surface area contributed by atoms with Gasteiger partial charge in [-0.25, -0.2) is 4.98 Å². The summed E-state index contributed by atoms with van der Waals surface area (Å²) in [6.07, 6.45) is 4.82. The molecule has 3 aliphatic rings. The number of hydrogen-bond acceptors (Lipinski definition) is 10. The second kappa shape index (κ2) is 12.9. The third kappa shape index (κ3) is 6.68. The van der Waals surface area contributed by atoms with E-state index >= 15 is 0 Å². The average Bonchev–Trinajstić information content (AvgIpc) is 3.55. The molecule has 2 N–H and O–H groups in total. The van der Waals surface area contributed by atoms with Crippen molar-refractivity contribution in [2.45, 2.75) is 64.3 Å². The number of nitrogens with zero attached hydrogens (tertiary/aromatic N) is 6. The Morgan fingerprint density at radius 3 is 2.67 bits per heavy atom. The molecule has 0 radical (unpaired) electrons. The largest absolute Gasteiger partial charge is 0.463 e. The van der Waals surface area contributed by atoms with Crippen LogP contribution < -0.4 is 15.0 Å². The summed E-state index contributed by atoms with van der Waals surface area (Å²) in [6.45, 7) is 9.04. The van der Waals surface area contributed by atoms with E-state index in [9.17, 15) is 9.90 Å². The van der Waals surface area contributed by atoms with Crippen LogP contribution in [-0.4, -0.2) is 93.3 Å². The van der Waals surface area contributed by atoms with Crippen LogP contribution in [0.25, 0.3) is 0 Å². The summed E-state index contributed by atoms with van der Waals surface area (Å²) in [6, 6.07) is 10.7. The Morgan fingerprint density at radius 2 is 1.93 bits per heavy atom. The topological polar surface area (TPSA) is 107 Å². The van der Waals surface area contributed by atoms with Crippen molar-refractivity contribution >= 4 is 28.2 Å². The molecule has 11 heteroatoms. The summed E-state index contributed by atoms with van der Waals surface area (Å²) >= 11 is 1.66. The summed E-state index contributed by atoms with van der Waals surface area (Å²) in [5, 5.41) is 17.8. The molecule has 3 aromatic rings. The van der Waals surface area contributed by atoms with Gasteiger partial charge in [0.1, 0.15) is 11.5 Å². The lowest BCUT2D eigenvalue weighted by Crippen LogP contribution is -2.56. The molecule has 2 saturated heterocycles. The number of fused-ring (bicyclic) bond motifs is 1. The van der Waals surface area contributed by atoms with Gasteiger partial charge in [0.25, 0.3) is 5.91 Å². The molecule has 224 valence electrons. The summed E-state index contributed by atoms with van der Waals surface area (Å²) in [4.78, 5) is 33.7. The number of ether oxygens (including phenoxy) is 1. The van der Waals surface area contributed by atoms with Crippen molar-refractivity contribution in [1.29, 1.82) is 0 Å². The second-order valence-electron chi connectivity index (χ2n) is 12.0. The highest BCUT2D eigenvalue weighted by atomic mass is 32.1. The van der Waals surface area contributed by atoms with Gasteiger partial charge in [-0.05, 0) is 42.7 Å². The lowest BCUT2D eigenvalue weighted by atomic mass is 9.94. The van der Waals surface area contributed by atoms with Crippen LogP contribution in [0.2, 0.25) is 0 Å². The van der Waals surface area contributed by atoms with E-state index in [4.69, 9.17) is 4.74 Å². The summed E-state index contributed by atoms with van der Waals surface area (Å²) < 4.78 is 5.88. The van der Waals surface area contributed by atoms with Crippen molar-refractivity contribution in [2.24, 2.45) is 5.92 Å². The average molecular weight is 592 g/mol. The minimum Gasteiger partial charge on any atom is -0.463 e. The van der Waals surface area contributed by atoms with Crippen molar-refractivity contribution in [3.8, 4) is 6.01 Å². The maximum atomic E-state index is 13.7. The van der Waals surface area contributed by atoms with Gasteiger partial charge < -0.3 is 25.0 Å². The number of carbonyl (C=O) groups is 1. The molecule has 1 amide bonds. The number of rotatable bonds is 8. The number of piperidine rings is 2. The molecule has 2 fully saturated rings. The van der Waals surface area contributed by atoms with Crippen LogP contribution in [0.3, 0.4) is 0 Å². The summed E-state index contributed by atoms with van der Waals surface area (Å²) in [5.41, 5.74) is 3.02. The van der Waals surface area contributed by atoms with Gasteiger partial charge in [0.05, 0.1) is 12.7 Å². The number of aromatic nitrogens is 3. The third-order valence-corrected chi connectivity index (χ3v) is 9.30. The molecule has 2 aromatic heterocycles. The number of likely N-dealkylation sites (tertiary alicyclic amines) is 1. The number of β-amino-alcohol motifs (C(OH)–C–C–N with tert-alkyl or cyclic N) is 1. The molecule has 1 aromatic carbocycles. The number of benzene rings is 1. The standard InChI is InChI=1S/C31H41N7O3S/c1-21(2)20-41-30-34-25(17-28(35-30)33-24-8-13-36(14-9-24)31-32-11-16-42-31)29(40)38-15-10-26(27(39)19-38)37-12-7-22-5-3-4-6-23(22)18-37/h3-6,11,16-17,21,24,26-27,39H,7-10,12-15,18-20H2,1-2H3,(H,33,34,35)/t26-,27-/m1/s1. The number of anilines is 2. The first kappa shape index (κ1) is 28.8. The zero-order valence-electron chi connectivity index (χ0n) is 24.5. The fraction of sp³-hybridized carbons (Fsp3) is 0.548. The van der Waals surface area contributed by atoms with Crippen molar-refractivity contribution in [3.63, 3.8) is 0 Å². The number of hydrogen-bond donors (Lipinski definition) is 2. The Morgan fingerprint density at radius 1 is 1.12 bits per heavy atom. The van der Waals surface area contributed by atoms with Gasteiger partial charge in [0.15, 0.2) is 5.13 Å². The molecule has 6 rings (SSSR count). The molecule has 0 spiro atoms. The van der Waals surface area contributed by atoms with Gasteiger partial charge in [-0.2, -0.15) is 9.97 Å². The zero-order valence-corrected chi connectivity index (χ0v) is 25.3. The lowest BCUT2D eigenvalue weighted by molar-refractivity contribution is -0.0139. The van der Waals surface area contributed by atoms with Crippen molar-refractivity contribution in [2.75, 3.05) is 49.5 Å². The molecule has 10 nitrogen and oxygen atoms in total. The molecular formula is C31H41N7O3S. The molecule has 0 aliphatic carbocycles. The first-order chi connectivity index (χ1) is 20.4. The van der Waals surface area contributed by atoms with Crippen LogP contribution in [-0.2, 0) is 13.0 Å². The van der Waals surface area contributed by atoms with E-state index in [-0.39, 0.29) is 30.5 Å². The number of amides is 1. The van der Waals surface area contributed by atoms with E-state index in [1.165, 1.54) is 11.1 Å². The minimum absolute atomic E-state index is 0.0326. The van der Waals surface area contributed by atoms with Crippen molar-refractivity contribution in [3.05, 3.63) is 58.7 Å². The third-order valence-electron chi connectivity index (χ3n) is 8.47. The van der Waals surface area contributed by atoms with E-state index in [1.807, 2.05) is 11.6 Å². The highest BCUT2D eigenvalue weighted by Gasteiger charge is 2.36. The van der Waals surface area contributed by atoms with Gasteiger partial charge in [-0.1, -0.05) is 38.1 Å². The number of thiazole rings is 1. The van der Waals surface area contributed by atoms with Crippen LogP contribution in [0, 0.1) is 5.92 Å². The maximum Gasteiger partial charge on any atom is 0.319 e. The molecule has 3 aliphatic heterocycles. The van der Waals surface area contributed by atoms with Gasteiger partial charge in [0, 0.05) is 69.0 Å². The van der Waals surface area contributed by atoms with Crippen LogP contribution in [0.5, 0.6) is 6.01 Å². The highest BCUT2D eigenvalue weighted by Crippen LogP contribution is 2.27.